The zero-order chi connectivity index (χ0) is 14.4. The molecule has 0 spiro atoms. The average molecular weight is 307 g/mol. The summed E-state index contributed by atoms with van der Waals surface area (Å²) in [6, 6.07) is 7.48. The van der Waals surface area contributed by atoms with Gasteiger partial charge in [-0.05, 0) is 18.4 Å². The summed E-state index contributed by atoms with van der Waals surface area (Å²) in [4.78, 5) is 11.8. The Kier molecular flexibility index (Phi) is 5.14. The zero-order valence-corrected chi connectivity index (χ0v) is 12.6. The van der Waals surface area contributed by atoms with Gasteiger partial charge in [0.1, 0.15) is 5.75 Å². The molecule has 0 atom stereocenters. The standard InChI is InChI=1S/C13H13N3O2S2/c1-18-10-6-4-3-5-9(10)7-8-11(17)14-12-15-16-13(19-2)20-12/h3-8H,1-2H3,(H,14,15,17)/b8-7+. The SMILES string of the molecule is COc1ccccc1/C=C/C(=O)Nc1nnc(SC)s1. The number of rotatable bonds is 5. The molecule has 0 aliphatic carbocycles. The van der Waals surface area contributed by atoms with Crippen LogP contribution < -0.4 is 10.1 Å². The minimum Gasteiger partial charge on any atom is -0.496 e. The molecule has 2 aromatic rings. The summed E-state index contributed by atoms with van der Waals surface area (Å²) in [5.41, 5.74) is 0.840. The van der Waals surface area contributed by atoms with E-state index in [0.717, 1.165) is 15.7 Å². The number of carbonyl (C=O) groups is 1. The molecule has 20 heavy (non-hydrogen) atoms. The molecule has 2 rings (SSSR count). The average Bonchev–Trinajstić information content (AvgIpc) is 2.93. The molecule has 0 saturated heterocycles. The largest absolute Gasteiger partial charge is 0.496 e. The number of hydrogen-bond acceptors (Lipinski definition) is 6. The molecule has 1 amide bonds. The fourth-order valence-corrected chi connectivity index (χ4v) is 2.63. The van der Waals surface area contributed by atoms with Gasteiger partial charge in [-0.25, -0.2) is 0 Å². The predicted octanol–water partition coefficient (Wildman–Crippen LogP) is 2.92. The van der Waals surface area contributed by atoms with Crippen molar-refractivity contribution in [3.8, 4) is 5.75 Å². The minimum absolute atomic E-state index is 0.250. The van der Waals surface area contributed by atoms with Gasteiger partial charge in [-0.1, -0.05) is 41.3 Å². The Bertz CT molecular complexity index is 626. The first-order valence-electron chi connectivity index (χ1n) is 5.72. The van der Waals surface area contributed by atoms with E-state index < -0.39 is 0 Å². The van der Waals surface area contributed by atoms with Gasteiger partial charge < -0.3 is 4.74 Å². The number of hydrogen-bond donors (Lipinski definition) is 1. The van der Waals surface area contributed by atoms with E-state index in [1.165, 1.54) is 29.2 Å². The number of anilines is 1. The number of amides is 1. The number of benzene rings is 1. The summed E-state index contributed by atoms with van der Waals surface area (Å²) in [7, 11) is 1.60. The van der Waals surface area contributed by atoms with Crippen LogP contribution in [0.4, 0.5) is 5.13 Å². The lowest BCUT2D eigenvalue weighted by Gasteiger charge is -2.03. The van der Waals surface area contributed by atoms with Crippen LogP contribution in [0.5, 0.6) is 5.75 Å². The quantitative estimate of drug-likeness (QED) is 0.523. The van der Waals surface area contributed by atoms with Crippen molar-refractivity contribution >= 4 is 40.2 Å². The van der Waals surface area contributed by atoms with Gasteiger partial charge in [-0.15, -0.1) is 10.2 Å². The summed E-state index contributed by atoms with van der Waals surface area (Å²) in [5.74, 6) is 0.469. The van der Waals surface area contributed by atoms with Gasteiger partial charge in [0.15, 0.2) is 4.34 Å². The van der Waals surface area contributed by atoms with E-state index in [-0.39, 0.29) is 5.91 Å². The van der Waals surface area contributed by atoms with Crippen molar-refractivity contribution < 1.29 is 9.53 Å². The van der Waals surface area contributed by atoms with Gasteiger partial charge in [-0.2, -0.15) is 0 Å². The van der Waals surface area contributed by atoms with E-state index >= 15 is 0 Å². The minimum atomic E-state index is -0.250. The molecular weight excluding hydrogens is 294 g/mol. The van der Waals surface area contributed by atoms with E-state index in [0.29, 0.717) is 5.13 Å². The van der Waals surface area contributed by atoms with Crippen LogP contribution >= 0.6 is 23.1 Å². The van der Waals surface area contributed by atoms with Gasteiger partial charge in [0, 0.05) is 11.6 Å². The first-order valence-corrected chi connectivity index (χ1v) is 7.76. The maximum Gasteiger partial charge on any atom is 0.250 e. The highest BCUT2D eigenvalue weighted by Crippen LogP contribution is 2.23. The summed E-state index contributed by atoms with van der Waals surface area (Å²) < 4.78 is 6.02. The second-order valence-corrected chi connectivity index (χ2v) is 5.67. The van der Waals surface area contributed by atoms with Crippen molar-refractivity contribution in [1.29, 1.82) is 0 Å². The third kappa shape index (κ3) is 3.82. The topological polar surface area (TPSA) is 64.1 Å². The van der Waals surface area contributed by atoms with Crippen LogP contribution in [0, 0.1) is 0 Å². The summed E-state index contributed by atoms with van der Waals surface area (Å²) in [5, 5.41) is 10.9. The lowest BCUT2D eigenvalue weighted by Crippen LogP contribution is -2.07. The highest BCUT2D eigenvalue weighted by Gasteiger charge is 2.05. The molecule has 0 aliphatic heterocycles. The molecule has 1 aromatic heterocycles. The molecule has 1 aromatic carbocycles. The van der Waals surface area contributed by atoms with Crippen LogP contribution in [0.2, 0.25) is 0 Å². The Morgan fingerprint density at radius 2 is 2.20 bits per heavy atom. The molecule has 1 N–H and O–H groups in total. The maximum absolute atomic E-state index is 11.8. The van der Waals surface area contributed by atoms with Gasteiger partial charge in [-0.3, -0.25) is 10.1 Å². The third-order valence-corrected chi connectivity index (χ3v) is 4.18. The molecule has 0 unspecified atom stereocenters. The second-order valence-electron chi connectivity index (χ2n) is 3.64. The Labute approximate surface area is 125 Å². The van der Waals surface area contributed by atoms with E-state index in [1.54, 1.807) is 13.2 Å². The molecule has 0 bridgehead atoms. The van der Waals surface area contributed by atoms with Crippen LogP contribution in [-0.4, -0.2) is 29.5 Å². The Hall–Kier alpha value is -1.86. The van der Waals surface area contributed by atoms with Crippen molar-refractivity contribution in [2.24, 2.45) is 0 Å². The van der Waals surface area contributed by atoms with E-state index in [4.69, 9.17) is 4.74 Å². The van der Waals surface area contributed by atoms with E-state index in [1.807, 2.05) is 30.5 Å². The number of nitrogens with one attached hydrogen (secondary N) is 1. The van der Waals surface area contributed by atoms with Crippen molar-refractivity contribution in [2.45, 2.75) is 4.34 Å². The number of ether oxygens (including phenoxy) is 1. The molecule has 5 nitrogen and oxygen atoms in total. The number of thioether (sulfide) groups is 1. The fraction of sp³-hybridized carbons (Fsp3) is 0.154. The van der Waals surface area contributed by atoms with Crippen LogP contribution in [-0.2, 0) is 4.79 Å². The van der Waals surface area contributed by atoms with E-state index in [2.05, 4.69) is 15.5 Å². The normalized spacial score (nSPS) is 10.7. The molecule has 1 heterocycles. The lowest BCUT2D eigenvalue weighted by atomic mass is 10.2. The van der Waals surface area contributed by atoms with Crippen molar-refractivity contribution in [3.05, 3.63) is 35.9 Å². The predicted molar refractivity (Wildman–Crippen MR) is 82.3 cm³/mol. The molecule has 7 heteroatoms. The molecule has 0 fully saturated rings. The highest BCUT2D eigenvalue weighted by atomic mass is 32.2. The molecular formula is C13H13N3O2S2. The van der Waals surface area contributed by atoms with Crippen molar-refractivity contribution in [1.82, 2.24) is 10.2 Å². The Morgan fingerprint density at radius 1 is 1.40 bits per heavy atom. The monoisotopic (exact) mass is 307 g/mol. The molecule has 0 saturated carbocycles. The van der Waals surface area contributed by atoms with Crippen molar-refractivity contribution in [2.75, 3.05) is 18.7 Å². The fourth-order valence-electron chi connectivity index (χ4n) is 1.46. The lowest BCUT2D eigenvalue weighted by molar-refractivity contribution is -0.111. The summed E-state index contributed by atoms with van der Waals surface area (Å²) in [6.07, 6.45) is 5.05. The van der Waals surface area contributed by atoms with E-state index in [9.17, 15) is 4.79 Å². The zero-order valence-electron chi connectivity index (χ0n) is 11.0. The van der Waals surface area contributed by atoms with Crippen LogP contribution in [0.1, 0.15) is 5.56 Å². The van der Waals surface area contributed by atoms with Gasteiger partial charge in [0.05, 0.1) is 7.11 Å². The number of aromatic nitrogens is 2. The Morgan fingerprint density at radius 3 is 2.90 bits per heavy atom. The number of methoxy groups -OCH3 is 1. The second kappa shape index (κ2) is 7.06. The smallest absolute Gasteiger partial charge is 0.250 e. The third-order valence-electron chi connectivity index (χ3n) is 2.36. The number of nitrogens with zero attached hydrogens (tertiary/aromatic N) is 2. The summed E-state index contributed by atoms with van der Waals surface area (Å²) >= 11 is 2.83. The van der Waals surface area contributed by atoms with Gasteiger partial charge in [0.2, 0.25) is 11.0 Å². The summed E-state index contributed by atoms with van der Waals surface area (Å²) in [6.45, 7) is 0. The van der Waals surface area contributed by atoms with Crippen LogP contribution in [0.25, 0.3) is 6.08 Å². The Balaban J connectivity index is 2.02. The first-order chi connectivity index (χ1) is 9.72. The number of para-hydroxylation sites is 1. The highest BCUT2D eigenvalue weighted by molar-refractivity contribution is 8.00. The number of carbonyl (C=O) groups excluding carboxylic acids is 1. The molecule has 0 radical (unpaired) electrons. The van der Waals surface area contributed by atoms with Gasteiger partial charge in [0.25, 0.3) is 0 Å². The van der Waals surface area contributed by atoms with Crippen LogP contribution in [0.15, 0.2) is 34.7 Å². The molecule has 104 valence electrons. The maximum atomic E-state index is 11.8. The van der Waals surface area contributed by atoms with Crippen molar-refractivity contribution in [3.63, 3.8) is 0 Å². The first kappa shape index (κ1) is 14.5. The van der Waals surface area contributed by atoms with Crippen LogP contribution in [0.3, 0.4) is 0 Å². The van der Waals surface area contributed by atoms with Gasteiger partial charge >= 0.3 is 0 Å². The molecule has 0 aliphatic rings.